The van der Waals surface area contributed by atoms with E-state index in [1.807, 2.05) is 52.1 Å². The van der Waals surface area contributed by atoms with Gasteiger partial charge in [0.05, 0.1) is 6.26 Å². The van der Waals surface area contributed by atoms with Crippen LogP contribution in [0.3, 0.4) is 0 Å². The van der Waals surface area contributed by atoms with Crippen LogP contribution in [0, 0.1) is 0 Å². The number of carbonyl (C=O) groups is 1. The Morgan fingerprint density at radius 1 is 1.05 bits per heavy atom. The molecule has 0 fully saturated rings. The van der Waals surface area contributed by atoms with Crippen molar-refractivity contribution in [3.05, 3.63) is 12.2 Å². The molecular weight excluding hydrogens is 284 g/mol. The zero-order valence-corrected chi connectivity index (χ0v) is 14.7. The molecule has 0 saturated carbocycles. The molecule has 20 heavy (non-hydrogen) atoms. The van der Waals surface area contributed by atoms with Crippen LogP contribution in [0.5, 0.6) is 0 Å². The average molecular weight is 314 g/mol. The number of rotatable bonds is 2. The largest absolute Gasteiger partial charge is 0.478 e. The summed E-state index contributed by atoms with van der Waals surface area (Å²) >= 11 is 0. The van der Waals surface area contributed by atoms with Gasteiger partial charge in [-0.1, -0.05) is 13.5 Å². The van der Waals surface area contributed by atoms with Crippen molar-refractivity contribution in [1.82, 2.24) is 9.80 Å². The monoisotopic (exact) mass is 314 g/mol. The topological polar surface area (TPSA) is 98.2 Å². The van der Waals surface area contributed by atoms with Gasteiger partial charge in [0.25, 0.3) is 10.1 Å². The fraction of sp³-hybridized carbons (Fsp3) is 0.750. The molecule has 0 rings (SSSR count). The Bertz CT molecular complexity index is 318. The van der Waals surface area contributed by atoms with Crippen LogP contribution in [0.15, 0.2) is 12.2 Å². The van der Waals surface area contributed by atoms with Crippen molar-refractivity contribution >= 4 is 16.1 Å². The third-order valence-corrected chi connectivity index (χ3v) is 0.729. The molecule has 0 aromatic carbocycles. The van der Waals surface area contributed by atoms with Gasteiger partial charge < -0.3 is 14.9 Å². The van der Waals surface area contributed by atoms with Gasteiger partial charge >= 0.3 is 5.97 Å². The summed E-state index contributed by atoms with van der Waals surface area (Å²) in [4.78, 5) is 13.8. The van der Waals surface area contributed by atoms with Gasteiger partial charge in [-0.25, -0.2) is 4.79 Å². The Kier molecular flexibility index (Phi) is 22.0. The molecule has 2 N–H and O–H groups in total. The third kappa shape index (κ3) is 173. The molecule has 0 unspecified atom stereocenters. The highest BCUT2D eigenvalue weighted by Crippen LogP contribution is 1.93. The smallest absolute Gasteiger partial charge is 0.330 e. The first-order chi connectivity index (χ1) is 8.64. The van der Waals surface area contributed by atoms with E-state index in [0.29, 0.717) is 12.7 Å². The number of carboxylic acids is 1. The molecule has 0 radical (unpaired) electrons. The molecule has 7 nitrogen and oxygen atoms in total. The highest BCUT2D eigenvalue weighted by Gasteiger charge is 1.96. The Labute approximate surface area is 123 Å². The summed E-state index contributed by atoms with van der Waals surface area (Å²) in [6, 6.07) is 0. The van der Waals surface area contributed by atoms with E-state index in [0.717, 1.165) is 0 Å². The van der Waals surface area contributed by atoms with Gasteiger partial charge in [-0.3, -0.25) is 4.55 Å². The Morgan fingerprint density at radius 3 is 1.20 bits per heavy atom. The summed E-state index contributed by atoms with van der Waals surface area (Å²) in [6.07, 6.45) is 1.24. The number of aliphatic carboxylic acids is 1. The number of hydrogen-bond donors (Lipinski definition) is 2. The lowest BCUT2D eigenvalue weighted by Crippen LogP contribution is -1.99. The molecule has 0 aliphatic rings. The fourth-order valence-electron chi connectivity index (χ4n) is 0.151. The molecular formula is C12H30N2O5S. The van der Waals surface area contributed by atoms with Crippen LogP contribution in [0.1, 0.15) is 13.3 Å². The van der Waals surface area contributed by atoms with Crippen LogP contribution in [0.2, 0.25) is 0 Å². The molecule has 0 amide bonds. The van der Waals surface area contributed by atoms with Gasteiger partial charge in [0, 0.05) is 5.57 Å². The van der Waals surface area contributed by atoms with Crippen LogP contribution in [-0.2, 0) is 14.9 Å². The van der Waals surface area contributed by atoms with E-state index in [-0.39, 0.29) is 5.57 Å². The zero-order chi connectivity index (χ0) is 17.5. The van der Waals surface area contributed by atoms with Crippen LogP contribution in [0.4, 0.5) is 0 Å². The highest BCUT2D eigenvalue weighted by molar-refractivity contribution is 7.85. The molecule has 0 atom stereocenters. The van der Waals surface area contributed by atoms with Crippen LogP contribution in [0.25, 0.3) is 0 Å². The van der Waals surface area contributed by atoms with Crippen molar-refractivity contribution in [3.63, 3.8) is 0 Å². The highest BCUT2D eigenvalue weighted by atomic mass is 32.2. The normalized spacial score (nSPS) is 9.35. The minimum atomic E-state index is -3.67. The van der Waals surface area contributed by atoms with E-state index in [1.54, 1.807) is 6.92 Å². The van der Waals surface area contributed by atoms with Crippen LogP contribution in [-0.4, -0.2) is 82.4 Å². The maximum atomic E-state index is 9.83. The van der Waals surface area contributed by atoms with Crippen molar-refractivity contribution in [1.29, 1.82) is 0 Å². The molecule has 8 heteroatoms. The van der Waals surface area contributed by atoms with Crippen molar-refractivity contribution in [2.75, 3.05) is 48.5 Å². The Morgan fingerprint density at radius 2 is 1.20 bits per heavy atom. The van der Waals surface area contributed by atoms with E-state index in [1.165, 1.54) is 0 Å². The van der Waals surface area contributed by atoms with E-state index < -0.39 is 16.1 Å². The van der Waals surface area contributed by atoms with E-state index in [4.69, 9.17) is 9.66 Å². The molecule has 0 bridgehead atoms. The summed E-state index contributed by atoms with van der Waals surface area (Å²) in [6.45, 7) is 5.03. The zero-order valence-electron chi connectivity index (χ0n) is 13.8. The van der Waals surface area contributed by atoms with E-state index in [9.17, 15) is 13.2 Å². The number of nitrogens with zero attached hydrogens (tertiary/aromatic N) is 2. The second-order valence-electron chi connectivity index (χ2n) is 4.68. The Balaban J connectivity index is -0.0000000883. The van der Waals surface area contributed by atoms with Gasteiger partial charge in [0.2, 0.25) is 0 Å². The third-order valence-electron chi connectivity index (χ3n) is 0.729. The Hall–Kier alpha value is -0.960. The lowest BCUT2D eigenvalue weighted by atomic mass is 10.2. The van der Waals surface area contributed by atoms with Crippen LogP contribution < -0.4 is 0 Å². The first-order valence-corrected chi connectivity index (χ1v) is 7.55. The predicted octanol–water partition coefficient (Wildman–Crippen LogP) is 0.897. The molecule has 0 aromatic heterocycles. The maximum Gasteiger partial charge on any atom is 0.330 e. The number of hydrogen-bond acceptors (Lipinski definition) is 5. The van der Waals surface area contributed by atoms with Gasteiger partial charge in [0.1, 0.15) is 0 Å². The lowest BCUT2D eigenvalue weighted by molar-refractivity contribution is -0.132. The van der Waals surface area contributed by atoms with Gasteiger partial charge in [-0.05, 0) is 48.7 Å². The summed E-state index contributed by atoms with van der Waals surface area (Å²) in [5.74, 6) is -0.900. The molecule has 0 aromatic rings. The summed E-state index contributed by atoms with van der Waals surface area (Å²) in [5, 5.41) is 8.08. The summed E-state index contributed by atoms with van der Waals surface area (Å²) in [5.41, 5.74) is 0.264. The number of carboxylic acid groups (broad SMARTS) is 1. The van der Waals surface area contributed by atoms with Crippen LogP contribution >= 0.6 is 0 Å². The lowest BCUT2D eigenvalue weighted by Gasteiger charge is -1.90. The molecule has 0 aliphatic heterocycles. The molecule has 124 valence electrons. The second-order valence-corrected chi connectivity index (χ2v) is 6.14. The quantitative estimate of drug-likeness (QED) is 0.577. The second kappa shape index (κ2) is 16.1. The van der Waals surface area contributed by atoms with E-state index in [2.05, 4.69) is 6.58 Å². The van der Waals surface area contributed by atoms with Crippen molar-refractivity contribution < 1.29 is 22.9 Å². The SMILES string of the molecule is C=C(CC)C(=O)O.CN(C)C.CN(C)C.CS(=O)(=O)O. The maximum absolute atomic E-state index is 9.83. The summed E-state index contributed by atoms with van der Waals surface area (Å²) in [7, 11) is 8.33. The molecule has 0 heterocycles. The first kappa shape index (κ1) is 27.4. The molecule has 0 saturated heterocycles. The van der Waals surface area contributed by atoms with Gasteiger partial charge in [-0.2, -0.15) is 8.42 Å². The first-order valence-electron chi connectivity index (χ1n) is 5.70. The minimum Gasteiger partial charge on any atom is -0.478 e. The summed E-state index contributed by atoms with van der Waals surface area (Å²) < 4.78 is 25.9. The fourth-order valence-corrected chi connectivity index (χ4v) is 0.151. The van der Waals surface area contributed by atoms with E-state index >= 15 is 0 Å². The predicted molar refractivity (Wildman–Crippen MR) is 83.8 cm³/mol. The minimum absolute atomic E-state index is 0.264. The van der Waals surface area contributed by atoms with Gasteiger partial charge in [0.15, 0.2) is 0 Å². The van der Waals surface area contributed by atoms with Crippen molar-refractivity contribution in [2.24, 2.45) is 0 Å². The van der Waals surface area contributed by atoms with Gasteiger partial charge in [-0.15, -0.1) is 0 Å². The molecule has 0 spiro atoms. The standard InChI is InChI=1S/C5H8O2.2C3H9N.CH4O3S/c1-3-4(2)5(6)7;2*1-4(2)3;1-5(2,3)4/h2-3H2,1H3,(H,6,7);2*1-3H3;1H3,(H,2,3,4). The average Bonchev–Trinajstić information content (AvgIpc) is 2.11. The molecule has 0 aliphatic carbocycles. The van der Waals surface area contributed by atoms with Crippen molar-refractivity contribution in [2.45, 2.75) is 13.3 Å². The van der Waals surface area contributed by atoms with Crippen molar-refractivity contribution in [3.8, 4) is 0 Å².